The Bertz CT molecular complexity index is 447. The molecule has 0 bridgehead atoms. The number of nitrogens with two attached hydrogens (primary N) is 1. The van der Waals surface area contributed by atoms with E-state index in [-0.39, 0.29) is 0 Å². The van der Waals surface area contributed by atoms with Crippen LogP contribution in [0.1, 0.15) is 38.3 Å². The summed E-state index contributed by atoms with van der Waals surface area (Å²) in [5.74, 6) is 2.49. The SMILES string of the molecule is COc1ccc(CN)cc1CN1CC(C)CC(C)C1C. The smallest absolute Gasteiger partial charge is 0.123 e. The van der Waals surface area contributed by atoms with Gasteiger partial charge in [0.15, 0.2) is 0 Å². The predicted molar refractivity (Wildman–Crippen MR) is 83.7 cm³/mol. The zero-order valence-corrected chi connectivity index (χ0v) is 13.2. The van der Waals surface area contributed by atoms with Crippen LogP contribution in [0.5, 0.6) is 5.75 Å². The van der Waals surface area contributed by atoms with Crippen LogP contribution in [0, 0.1) is 11.8 Å². The van der Waals surface area contributed by atoms with Gasteiger partial charge in [0.05, 0.1) is 7.11 Å². The third-order valence-electron chi connectivity index (χ3n) is 4.67. The second-order valence-electron chi connectivity index (χ2n) is 6.34. The van der Waals surface area contributed by atoms with Crippen LogP contribution < -0.4 is 10.5 Å². The monoisotopic (exact) mass is 276 g/mol. The molecule has 20 heavy (non-hydrogen) atoms. The van der Waals surface area contributed by atoms with Crippen molar-refractivity contribution in [3.8, 4) is 5.75 Å². The minimum atomic E-state index is 0.583. The van der Waals surface area contributed by atoms with E-state index in [0.717, 1.165) is 24.1 Å². The van der Waals surface area contributed by atoms with Crippen LogP contribution in [0.25, 0.3) is 0 Å². The van der Waals surface area contributed by atoms with Crippen molar-refractivity contribution in [3.05, 3.63) is 29.3 Å². The van der Waals surface area contributed by atoms with Crippen molar-refractivity contribution in [3.63, 3.8) is 0 Å². The maximum absolute atomic E-state index is 5.76. The lowest BCUT2D eigenvalue weighted by Crippen LogP contribution is -2.45. The Morgan fingerprint density at radius 1 is 1.30 bits per heavy atom. The Hall–Kier alpha value is -1.06. The van der Waals surface area contributed by atoms with Crippen LogP contribution in [0.15, 0.2) is 18.2 Å². The number of hydrogen-bond donors (Lipinski definition) is 1. The highest BCUT2D eigenvalue weighted by atomic mass is 16.5. The number of ether oxygens (including phenoxy) is 1. The molecule has 1 heterocycles. The van der Waals surface area contributed by atoms with Crippen LogP contribution in [0.3, 0.4) is 0 Å². The molecule has 0 amide bonds. The predicted octanol–water partition coefficient (Wildman–Crippen LogP) is 3.02. The molecule has 1 aromatic rings. The van der Waals surface area contributed by atoms with Gasteiger partial charge in [0.2, 0.25) is 0 Å². The van der Waals surface area contributed by atoms with Gasteiger partial charge in [0.1, 0.15) is 5.75 Å². The largest absolute Gasteiger partial charge is 0.496 e. The molecule has 1 saturated heterocycles. The average Bonchev–Trinajstić information content (AvgIpc) is 2.44. The number of nitrogens with zero attached hydrogens (tertiary/aromatic N) is 1. The number of piperidine rings is 1. The summed E-state index contributed by atoms with van der Waals surface area (Å²) < 4.78 is 5.51. The van der Waals surface area contributed by atoms with E-state index in [1.165, 1.54) is 24.1 Å². The fourth-order valence-corrected chi connectivity index (χ4v) is 3.34. The molecule has 2 N–H and O–H groups in total. The zero-order chi connectivity index (χ0) is 14.7. The third-order valence-corrected chi connectivity index (χ3v) is 4.67. The van der Waals surface area contributed by atoms with Gasteiger partial charge in [-0.05, 0) is 42.9 Å². The first kappa shape index (κ1) is 15.3. The second kappa shape index (κ2) is 6.59. The fraction of sp³-hybridized carbons (Fsp3) is 0.647. The minimum absolute atomic E-state index is 0.583. The van der Waals surface area contributed by atoms with Gasteiger partial charge < -0.3 is 10.5 Å². The van der Waals surface area contributed by atoms with Crippen LogP contribution in [-0.2, 0) is 13.1 Å². The Labute approximate surface area is 123 Å². The van der Waals surface area contributed by atoms with Gasteiger partial charge >= 0.3 is 0 Å². The van der Waals surface area contributed by atoms with E-state index in [1.807, 2.05) is 12.1 Å². The molecule has 1 fully saturated rings. The number of benzene rings is 1. The van der Waals surface area contributed by atoms with Crippen molar-refractivity contribution in [2.24, 2.45) is 17.6 Å². The van der Waals surface area contributed by atoms with E-state index >= 15 is 0 Å². The molecule has 0 aromatic heterocycles. The fourth-order valence-electron chi connectivity index (χ4n) is 3.34. The summed E-state index contributed by atoms with van der Waals surface area (Å²) in [5.41, 5.74) is 8.19. The lowest BCUT2D eigenvalue weighted by atomic mass is 9.85. The van der Waals surface area contributed by atoms with Crippen LogP contribution >= 0.6 is 0 Å². The number of methoxy groups -OCH3 is 1. The van der Waals surface area contributed by atoms with Crippen LogP contribution in [-0.4, -0.2) is 24.6 Å². The highest BCUT2D eigenvalue weighted by molar-refractivity contribution is 5.37. The molecule has 0 radical (unpaired) electrons. The normalized spacial score (nSPS) is 27.6. The van der Waals surface area contributed by atoms with Gasteiger partial charge in [-0.1, -0.05) is 19.9 Å². The molecule has 3 nitrogen and oxygen atoms in total. The number of likely N-dealkylation sites (tertiary alicyclic amines) is 1. The van der Waals surface area contributed by atoms with E-state index in [4.69, 9.17) is 10.5 Å². The summed E-state index contributed by atoms with van der Waals surface area (Å²) in [6.45, 7) is 9.76. The first-order valence-electron chi connectivity index (χ1n) is 7.65. The van der Waals surface area contributed by atoms with Gasteiger partial charge in [-0.2, -0.15) is 0 Å². The van der Waals surface area contributed by atoms with Gasteiger partial charge in [0.25, 0.3) is 0 Å². The summed E-state index contributed by atoms with van der Waals surface area (Å²) in [5, 5.41) is 0. The Morgan fingerprint density at radius 3 is 2.70 bits per heavy atom. The Morgan fingerprint density at radius 2 is 2.05 bits per heavy atom. The van der Waals surface area contributed by atoms with Crippen molar-refractivity contribution in [2.45, 2.75) is 46.3 Å². The third kappa shape index (κ3) is 3.33. The van der Waals surface area contributed by atoms with Crippen molar-refractivity contribution in [2.75, 3.05) is 13.7 Å². The van der Waals surface area contributed by atoms with Crippen LogP contribution in [0.2, 0.25) is 0 Å². The molecule has 1 aliphatic heterocycles. The molecule has 3 atom stereocenters. The van der Waals surface area contributed by atoms with E-state index in [2.05, 4.69) is 31.7 Å². The Balaban J connectivity index is 2.19. The van der Waals surface area contributed by atoms with E-state index in [9.17, 15) is 0 Å². The molecule has 0 spiro atoms. The lowest BCUT2D eigenvalue weighted by Gasteiger charge is -2.41. The summed E-state index contributed by atoms with van der Waals surface area (Å²) in [7, 11) is 1.74. The molecule has 3 heteroatoms. The van der Waals surface area contributed by atoms with E-state index in [1.54, 1.807) is 7.11 Å². The molecule has 0 saturated carbocycles. The summed E-state index contributed by atoms with van der Waals surface area (Å²) in [4.78, 5) is 2.58. The summed E-state index contributed by atoms with van der Waals surface area (Å²) in [6.07, 6.45) is 1.33. The first-order chi connectivity index (χ1) is 9.55. The summed E-state index contributed by atoms with van der Waals surface area (Å²) in [6, 6.07) is 6.90. The van der Waals surface area contributed by atoms with E-state index < -0.39 is 0 Å². The van der Waals surface area contributed by atoms with Gasteiger partial charge in [0, 0.05) is 31.2 Å². The van der Waals surface area contributed by atoms with Crippen molar-refractivity contribution in [1.29, 1.82) is 0 Å². The molecule has 2 rings (SSSR count). The zero-order valence-electron chi connectivity index (χ0n) is 13.2. The summed E-state index contributed by atoms with van der Waals surface area (Å²) >= 11 is 0. The highest BCUT2D eigenvalue weighted by Gasteiger charge is 2.29. The topological polar surface area (TPSA) is 38.5 Å². The molecule has 1 aromatic carbocycles. The molecule has 112 valence electrons. The van der Waals surface area contributed by atoms with Crippen molar-refractivity contribution >= 4 is 0 Å². The first-order valence-corrected chi connectivity index (χ1v) is 7.65. The van der Waals surface area contributed by atoms with Crippen LogP contribution in [0.4, 0.5) is 0 Å². The van der Waals surface area contributed by atoms with E-state index in [0.29, 0.717) is 12.6 Å². The quantitative estimate of drug-likeness (QED) is 0.918. The molecular weight excluding hydrogens is 248 g/mol. The minimum Gasteiger partial charge on any atom is -0.496 e. The average molecular weight is 276 g/mol. The molecule has 0 aliphatic carbocycles. The van der Waals surface area contributed by atoms with Crippen molar-refractivity contribution in [1.82, 2.24) is 4.90 Å². The maximum Gasteiger partial charge on any atom is 0.123 e. The standard InChI is InChI=1S/C17H28N2O/c1-12-7-13(2)14(3)19(10-12)11-16-8-15(9-18)5-6-17(16)20-4/h5-6,8,12-14H,7,9-11,18H2,1-4H3. The van der Waals surface area contributed by atoms with Gasteiger partial charge in [-0.25, -0.2) is 0 Å². The highest BCUT2D eigenvalue weighted by Crippen LogP contribution is 2.30. The molecule has 3 unspecified atom stereocenters. The molecule has 1 aliphatic rings. The second-order valence-corrected chi connectivity index (χ2v) is 6.34. The number of rotatable bonds is 4. The molecular formula is C17H28N2O. The van der Waals surface area contributed by atoms with Gasteiger partial charge in [-0.15, -0.1) is 0 Å². The lowest BCUT2D eigenvalue weighted by molar-refractivity contribution is 0.0722. The number of hydrogen-bond acceptors (Lipinski definition) is 3. The maximum atomic E-state index is 5.76. The van der Waals surface area contributed by atoms with Gasteiger partial charge in [-0.3, -0.25) is 4.90 Å². The van der Waals surface area contributed by atoms with Crippen molar-refractivity contribution < 1.29 is 4.74 Å². The Kier molecular flexibility index (Phi) is 5.06.